The van der Waals surface area contributed by atoms with Crippen LogP contribution in [0.25, 0.3) is 0 Å². The number of rotatable bonds is 5. The Kier molecular flexibility index (Phi) is 3.24. The average Bonchev–Trinajstić information content (AvgIpc) is 3.00. The Bertz CT molecular complexity index is 250. The lowest BCUT2D eigenvalue weighted by Gasteiger charge is -2.22. The molecule has 16 heavy (non-hydrogen) atoms. The lowest BCUT2D eigenvalue weighted by Crippen LogP contribution is -2.47. The minimum absolute atomic E-state index is 0.0198. The van der Waals surface area contributed by atoms with Gasteiger partial charge in [-0.2, -0.15) is 0 Å². The molecule has 0 aromatic heterocycles. The van der Waals surface area contributed by atoms with Crippen LogP contribution in [-0.4, -0.2) is 24.0 Å². The topological polar surface area (TPSA) is 41.1 Å². The molecule has 0 aromatic rings. The molecule has 3 heteroatoms. The Balaban J connectivity index is 1.72. The van der Waals surface area contributed by atoms with Crippen LogP contribution >= 0.6 is 0 Å². The first-order valence-electron chi connectivity index (χ1n) is 6.50. The van der Waals surface area contributed by atoms with Crippen molar-refractivity contribution in [2.75, 3.05) is 6.54 Å². The Morgan fingerprint density at radius 1 is 1.19 bits per heavy atom. The summed E-state index contributed by atoms with van der Waals surface area (Å²) in [7, 11) is 0. The summed E-state index contributed by atoms with van der Waals surface area (Å²) in [5.41, 5.74) is 0.0198. The maximum atomic E-state index is 11.8. The van der Waals surface area contributed by atoms with Crippen molar-refractivity contribution in [1.82, 2.24) is 10.6 Å². The van der Waals surface area contributed by atoms with Gasteiger partial charge in [0.25, 0.3) is 0 Å². The third kappa shape index (κ3) is 3.78. The van der Waals surface area contributed by atoms with Crippen molar-refractivity contribution in [2.24, 2.45) is 11.8 Å². The minimum atomic E-state index is 0.0198. The largest absolute Gasteiger partial charge is 0.352 e. The second-order valence-corrected chi connectivity index (χ2v) is 6.37. The van der Waals surface area contributed by atoms with Crippen LogP contribution in [0.2, 0.25) is 0 Å². The molecule has 0 atom stereocenters. The highest BCUT2D eigenvalue weighted by Crippen LogP contribution is 2.44. The quantitative estimate of drug-likeness (QED) is 0.746. The Labute approximate surface area is 98.4 Å². The van der Waals surface area contributed by atoms with Crippen molar-refractivity contribution in [3.8, 4) is 0 Å². The predicted molar refractivity (Wildman–Crippen MR) is 65.1 cm³/mol. The van der Waals surface area contributed by atoms with Gasteiger partial charge in [0.1, 0.15) is 0 Å². The van der Waals surface area contributed by atoms with E-state index < -0.39 is 0 Å². The first-order valence-corrected chi connectivity index (χ1v) is 6.50. The van der Waals surface area contributed by atoms with Gasteiger partial charge in [0, 0.05) is 11.6 Å². The zero-order valence-electron chi connectivity index (χ0n) is 10.7. The van der Waals surface area contributed by atoms with Crippen LogP contribution in [0.3, 0.4) is 0 Å². The first-order chi connectivity index (χ1) is 7.46. The summed E-state index contributed by atoms with van der Waals surface area (Å²) in [6.07, 6.45) is 5.25. The molecule has 2 aliphatic rings. The average molecular weight is 224 g/mol. The van der Waals surface area contributed by atoms with E-state index in [9.17, 15) is 4.79 Å². The van der Waals surface area contributed by atoms with Crippen LogP contribution in [-0.2, 0) is 4.79 Å². The van der Waals surface area contributed by atoms with E-state index in [2.05, 4.69) is 31.4 Å². The number of carbonyl (C=O) groups excluding carboxylic acids is 1. The van der Waals surface area contributed by atoms with E-state index in [1.807, 2.05) is 0 Å². The molecule has 0 unspecified atom stereocenters. The third-order valence-corrected chi connectivity index (χ3v) is 3.37. The fourth-order valence-electron chi connectivity index (χ4n) is 2.11. The smallest absolute Gasteiger partial charge is 0.234 e. The van der Waals surface area contributed by atoms with Crippen LogP contribution in [0, 0.1) is 11.8 Å². The van der Waals surface area contributed by atoms with Gasteiger partial charge in [-0.3, -0.25) is 4.79 Å². The molecule has 0 saturated heterocycles. The molecule has 0 aromatic carbocycles. The number of carbonyl (C=O) groups is 1. The second kappa shape index (κ2) is 4.36. The molecule has 0 heterocycles. The van der Waals surface area contributed by atoms with Crippen molar-refractivity contribution < 1.29 is 4.79 Å². The number of nitrogens with one attached hydrogen (secondary N) is 2. The van der Waals surface area contributed by atoms with Gasteiger partial charge >= 0.3 is 0 Å². The Morgan fingerprint density at radius 3 is 2.06 bits per heavy atom. The van der Waals surface area contributed by atoms with E-state index in [1.165, 1.54) is 25.7 Å². The van der Waals surface area contributed by atoms with E-state index in [0.717, 1.165) is 11.8 Å². The van der Waals surface area contributed by atoms with Gasteiger partial charge < -0.3 is 10.6 Å². The van der Waals surface area contributed by atoms with Gasteiger partial charge in [-0.15, -0.1) is 0 Å². The molecule has 92 valence electrons. The summed E-state index contributed by atoms with van der Waals surface area (Å²) in [6.45, 7) is 6.69. The molecule has 0 bridgehead atoms. The predicted octanol–water partition coefficient (Wildman–Crippen LogP) is 1.68. The molecule has 2 aliphatic carbocycles. The van der Waals surface area contributed by atoms with Crippen LogP contribution < -0.4 is 10.6 Å². The van der Waals surface area contributed by atoms with Crippen molar-refractivity contribution >= 4 is 5.91 Å². The molecular formula is C13H24N2O. The summed E-state index contributed by atoms with van der Waals surface area (Å²) in [6, 6.07) is 0.481. The Morgan fingerprint density at radius 2 is 1.69 bits per heavy atom. The Hall–Kier alpha value is -0.570. The molecule has 2 rings (SSSR count). The SMILES string of the molecule is CC(C)(C)NCC(=O)NC(C1CC1)C1CC1. The van der Waals surface area contributed by atoms with Gasteiger partial charge in [-0.25, -0.2) is 0 Å². The van der Waals surface area contributed by atoms with Crippen molar-refractivity contribution in [1.29, 1.82) is 0 Å². The lowest BCUT2D eigenvalue weighted by atomic mass is 10.1. The van der Waals surface area contributed by atoms with E-state index in [1.54, 1.807) is 0 Å². The molecule has 1 amide bonds. The second-order valence-electron chi connectivity index (χ2n) is 6.37. The molecule has 2 saturated carbocycles. The van der Waals surface area contributed by atoms with Crippen LogP contribution in [0.1, 0.15) is 46.5 Å². The highest BCUT2D eigenvalue weighted by molar-refractivity contribution is 5.78. The zero-order valence-corrected chi connectivity index (χ0v) is 10.7. The van der Waals surface area contributed by atoms with Crippen molar-refractivity contribution in [3.05, 3.63) is 0 Å². The van der Waals surface area contributed by atoms with Gasteiger partial charge in [-0.05, 0) is 58.3 Å². The van der Waals surface area contributed by atoms with Gasteiger partial charge in [0.2, 0.25) is 5.91 Å². The summed E-state index contributed by atoms with van der Waals surface area (Å²) in [4.78, 5) is 11.8. The summed E-state index contributed by atoms with van der Waals surface area (Å²) >= 11 is 0. The molecule has 0 spiro atoms. The number of hydrogen-bond donors (Lipinski definition) is 2. The first kappa shape index (κ1) is 11.9. The lowest BCUT2D eigenvalue weighted by molar-refractivity contribution is -0.121. The summed E-state index contributed by atoms with van der Waals surface area (Å²) in [5, 5.41) is 6.45. The highest BCUT2D eigenvalue weighted by atomic mass is 16.2. The monoisotopic (exact) mass is 224 g/mol. The summed E-state index contributed by atoms with van der Waals surface area (Å²) in [5.74, 6) is 1.73. The van der Waals surface area contributed by atoms with E-state index in [4.69, 9.17) is 0 Å². The maximum Gasteiger partial charge on any atom is 0.234 e. The normalized spacial score (nSPS) is 21.2. The standard InChI is InChI=1S/C13H24N2O/c1-13(2,3)14-8-11(16)15-12(9-4-5-9)10-6-7-10/h9-10,12,14H,4-8H2,1-3H3,(H,15,16). The van der Waals surface area contributed by atoms with E-state index >= 15 is 0 Å². The highest BCUT2D eigenvalue weighted by Gasteiger charge is 2.42. The van der Waals surface area contributed by atoms with Crippen LogP contribution in [0.4, 0.5) is 0 Å². The van der Waals surface area contributed by atoms with Crippen molar-refractivity contribution in [3.63, 3.8) is 0 Å². The van der Waals surface area contributed by atoms with Crippen LogP contribution in [0.15, 0.2) is 0 Å². The zero-order chi connectivity index (χ0) is 11.8. The van der Waals surface area contributed by atoms with E-state index in [0.29, 0.717) is 12.6 Å². The number of amides is 1. The fraction of sp³-hybridized carbons (Fsp3) is 0.923. The van der Waals surface area contributed by atoms with E-state index in [-0.39, 0.29) is 11.4 Å². The van der Waals surface area contributed by atoms with Gasteiger partial charge in [0.15, 0.2) is 0 Å². The van der Waals surface area contributed by atoms with Crippen molar-refractivity contribution in [2.45, 2.75) is 58.0 Å². The fourth-order valence-corrected chi connectivity index (χ4v) is 2.11. The summed E-state index contributed by atoms with van der Waals surface area (Å²) < 4.78 is 0. The molecule has 2 fully saturated rings. The maximum absolute atomic E-state index is 11.8. The molecule has 0 aliphatic heterocycles. The molecule has 3 nitrogen and oxygen atoms in total. The molecule has 2 N–H and O–H groups in total. The molecule has 0 radical (unpaired) electrons. The minimum Gasteiger partial charge on any atom is -0.352 e. The van der Waals surface area contributed by atoms with Gasteiger partial charge in [-0.1, -0.05) is 0 Å². The third-order valence-electron chi connectivity index (χ3n) is 3.37. The van der Waals surface area contributed by atoms with Gasteiger partial charge in [0.05, 0.1) is 6.54 Å². The number of hydrogen-bond acceptors (Lipinski definition) is 2. The van der Waals surface area contributed by atoms with Crippen LogP contribution in [0.5, 0.6) is 0 Å². The molecular weight excluding hydrogens is 200 g/mol.